The number of fused-ring (bicyclic) bond motifs is 1. The summed E-state index contributed by atoms with van der Waals surface area (Å²) in [7, 11) is 1.49. The van der Waals surface area contributed by atoms with Crippen LogP contribution in [0.15, 0.2) is 100 Å². The maximum atomic E-state index is 16.0. The molecule has 36 heavy (non-hydrogen) atoms. The Morgan fingerprint density at radius 2 is 1.61 bits per heavy atom. The first-order chi connectivity index (χ1) is 17.6. The highest BCUT2D eigenvalue weighted by molar-refractivity contribution is 5.80. The van der Waals surface area contributed by atoms with Gasteiger partial charge in [0.2, 0.25) is 0 Å². The molecule has 3 aromatic carbocycles. The SMILES string of the molecule is CO[C@H]1OC(COc2ccccc2)[C@@H](F)C(Oc2ccccc2)C1Nc1ccc2ccc(=O)oc2c1. The summed E-state index contributed by atoms with van der Waals surface area (Å²) >= 11 is 0. The quantitative estimate of drug-likeness (QED) is 0.355. The molecule has 5 rings (SSSR count). The van der Waals surface area contributed by atoms with Gasteiger partial charge in [-0.05, 0) is 42.5 Å². The molecule has 1 aromatic heterocycles. The number of nitrogens with one attached hydrogen (secondary N) is 1. The van der Waals surface area contributed by atoms with Crippen LogP contribution in [-0.4, -0.2) is 44.4 Å². The van der Waals surface area contributed by atoms with Gasteiger partial charge in [0.25, 0.3) is 0 Å². The Balaban J connectivity index is 1.42. The van der Waals surface area contributed by atoms with Crippen molar-refractivity contribution in [3.8, 4) is 11.5 Å². The van der Waals surface area contributed by atoms with Gasteiger partial charge in [0.05, 0.1) is 0 Å². The minimum atomic E-state index is -1.55. The maximum Gasteiger partial charge on any atom is 0.336 e. The van der Waals surface area contributed by atoms with E-state index in [9.17, 15) is 4.79 Å². The van der Waals surface area contributed by atoms with Gasteiger partial charge in [0.15, 0.2) is 18.6 Å². The summed E-state index contributed by atoms with van der Waals surface area (Å²) < 4.78 is 44.8. The average molecular weight is 492 g/mol. The number of anilines is 1. The van der Waals surface area contributed by atoms with Crippen LogP contribution in [0.1, 0.15) is 0 Å². The van der Waals surface area contributed by atoms with Crippen molar-refractivity contribution in [1.82, 2.24) is 0 Å². The van der Waals surface area contributed by atoms with Gasteiger partial charge >= 0.3 is 5.63 Å². The molecule has 0 aliphatic carbocycles. The highest BCUT2D eigenvalue weighted by Crippen LogP contribution is 2.31. The lowest BCUT2D eigenvalue weighted by molar-refractivity contribution is -0.235. The van der Waals surface area contributed by atoms with Crippen molar-refractivity contribution in [2.75, 3.05) is 19.0 Å². The summed E-state index contributed by atoms with van der Waals surface area (Å²) in [6, 6.07) is 25.8. The van der Waals surface area contributed by atoms with Crippen molar-refractivity contribution in [3.05, 3.63) is 101 Å². The largest absolute Gasteiger partial charge is 0.491 e. The molecule has 0 radical (unpaired) electrons. The number of hydrogen-bond donors (Lipinski definition) is 1. The molecule has 1 N–H and O–H groups in total. The monoisotopic (exact) mass is 491 g/mol. The summed E-state index contributed by atoms with van der Waals surface area (Å²) in [5, 5.41) is 4.04. The van der Waals surface area contributed by atoms with Gasteiger partial charge < -0.3 is 28.7 Å². The Bertz CT molecular complexity index is 1330. The van der Waals surface area contributed by atoms with Gasteiger partial charge in [-0.3, -0.25) is 0 Å². The average Bonchev–Trinajstić information content (AvgIpc) is 2.91. The Hall–Kier alpha value is -3.88. The van der Waals surface area contributed by atoms with Gasteiger partial charge in [-0.25, -0.2) is 9.18 Å². The molecule has 7 nitrogen and oxygen atoms in total. The number of methoxy groups -OCH3 is 1. The van der Waals surface area contributed by atoms with Crippen LogP contribution in [0.5, 0.6) is 11.5 Å². The number of ether oxygens (including phenoxy) is 4. The first-order valence-corrected chi connectivity index (χ1v) is 11.6. The van der Waals surface area contributed by atoms with E-state index in [1.807, 2.05) is 48.5 Å². The molecule has 0 spiro atoms. The van der Waals surface area contributed by atoms with Crippen LogP contribution in [0.25, 0.3) is 11.0 Å². The van der Waals surface area contributed by atoms with E-state index in [4.69, 9.17) is 23.4 Å². The molecule has 0 bridgehead atoms. The van der Waals surface area contributed by atoms with E-state index in [-0.39, 0.29) is 6.61 Å². The van der Waals surface area contributed by atoms with Gasteiger partial charge in [0.1, 0.15) is 35.8 Å². The van der Waals surface area contributed by atoms with Gasteiger partial charge in [0, 0.05) is 30.3 Å². The molecule has 1 saturated heterocycles. The third-order valence-electron chi connectivity index (χ3n) is 5.99. The van der Waals surface area contributed by atoms with Crippen molar-refractivity contribution < 1.29 is 27.8 Å². The Morgan fingerprint density at radius 3 is 2.33 bits per heavy atom. The number of rotatable bonds is 8. The summed E-state index contributed by atoms with van der Waals surface area (Å²) in [5.74, 6) is 1.13. The highest BCUT2D eigenvalue weighted by Gasteiger charge is 2.49. The van der Waals surface area contributed by atoms with Gasteiger partial charge in [-0.2, -0.15) is 0 Å². The van der Waals surface area contributed by atoms with Crippen molar-refractivity contribution in [3.63, 3.8) is 0 Å². The summed E-state index contributed by atoms with van der Waals surface area (Å²) in [6.07, 6.45) is -4.31. The number of hydrogen-bond acceptors (Lipinski definition) is 7. The van der Waals surface area contributed by atoms with Crippen LogP contribution in [0, 0.1) is 0 Å². The summed E-state index contributed by atoms with van der Waals surface area (Å²) in [6.45, 7) is -0.0203. The predicted molar refractivity (Wildman–Crippen MR) is 133 cm³/mol. The topological polar surface area (TPSA) is 79.2 Å². The van der Waals surface area contributed by atoms with E-state index in [1.165, 1.54) is 13.2 Å². The van der Waals surface area contributed by atoms with Crippen LogP contribution in [0.4, 0.5) is 10.1 Å². The molecular formula is C28H26FNO6. The first kappa shape index (κ1) is 23.8. The Kier molecular flexibility index (Phi) is 7.16. The second-order valence-corrected chi connectivity index (χ2v) is 8.42. The van der Waals surface area contributed by atoms with Crippen LogP contribution in [0.2, 0.25) is 0 Å². The minimum Gasteiger partial charge on any atom is -0.491 e. The van der Waals surface area contributed by atoms with E-state index in [2.05, 4.69) is 5.32 Å². The van der Waals surface area contributed by atoms with Crippen LogP contribution in [-0.2, 0) is 9.47 Å². The lowest BCUT2D eigenvalue weighted by Crippen LogP contribution is -2.62. The number of para-hydroxylation sites is 2. The molecule has 0 amide bonds. The number of halogens is 1. The Labute approximate surface area is 207 Å². The normalized spacial score (nSPS) is 23.8. The zero-order chi connectivity index (χ0) is 24.9. The van der Waals surface area contributed by atoms with Crippen molar-refractivity contribution in [1.29, 1.82) is 0 Å². The molecule has 2 heterocycles. The van der Waals surface area contributed by atoms with Gasteiger partial charge in [-0.15, -0.1) is 0 Å². The van der Waals surface area contributed by atoms with E-state index >= 15 is 4.39 Å². The van der Waals surface area contributed by atoms with Crippen molar-refractivity contribution >= 4 is 16.7 Å². The van der Waals surface area contributed by atoms with E-state index in [1.54, 1.807) is 36.4 Å². The fourth-order valence-electron chi connectivity index (χ4n) is 4.21. The lowest BCUT2D eigenvalue weighted by atomic mass is 9.97. The number of benzene rings is 3. The Morgan fingerprint density at radius 1 is 0.917 bits per heavy atom. The zero-order valence-corrected chi connectivity index (χ0v) is 19.6. The maximum absolute atomic E-state index is 16.0. The van der Waals surface area contributed by atoms with Crippen LogP contribution < -0.4 is 20.4 Å². The zero-order valence-electron chi connectivity index (χ0n) is 19.6. The van der Waals surface area contributed by atoms with E-state index in [0.717, 1.165) is 5.39 Å². The molecule has 1 aliphatic heterocycles. The van der Waals surface area contributed by atoms with Gasteiger partial charge in [-0.1, -0.05) is 36.4 Å². The highest BCUT2D eigenvalue weighted by atomic mass is 19.1. The third-order valence-corrected chi connectivity index (χ3v) is 5.99. The van der Waals surface area contributed by atoms with Crippen LogP contribution in [0.3, 0.4) is 0 Å². The molecule has 8 heteroatoms. The summed E-state index contributed by atoms with van der Waals surface area (Å²) in [5.41, 5.74) is 0.552. The predicted octanol–water partition coefficient (Wildman–Crippen LogP) is 4.81. The second-order valence-electron chi connectivity index (χ2n) is 8.42. The second kappa shape index (κ2) is 10.8. The van der Waals surface area contributed by atoms with E-state index < -0.39 is 36.3 Å². The molecule has 0 saturated carbocycles. The first-order valence-electron chi connectivity index (χ1n) is 11.6. The van der Waals surface area contributed by atoms with Crippen molar-refractivity contribution in [2.45, 2.75) is 30.7 Å². The number of alkyl halides is 1. The van der Waals surface area contributed by atoms with E-state index in [0.29, 0.717) is 22.8 Å². The molecule has 3 unspecified atom stereocenters. The summed E-state index contributed by atoms with van der Waals surface area (Å²) in [4.78, 5) is 11.7. The standard InChI is InChI=1S/C28H26FNO6/c1-32-28-26(30-19-14-12-18-13-15-24(31)35-22(18)16-19)27(34-21-10-6-3-7-11-21)25(29)23(36-28)17-33-20-8-4-2-5-9-20/h2-16,23,25-28,30H,17H2,1H3/t23?,25-,26?,27?,28+/m1/s1. The molecule has 1 fully saturated rings. The van der Waals surface area contributed by atoms with Crippen molar-refractivity contribution in [2.24, 2.45) is 0 Å². The fourth-order valence-corrected chi connectivity index (χ4v) is 4.21. The molecule has 1 aliphatic rings. The molecular weight excluding hydrogens is 465 g/mol. The molecule has 186 valence electrons. The molecule has 5 atom stereocenters. The van der Waals surface area contributed by atoms with Crippen LogP contribution >= 0.6 is 0 Å². The lowest BCUT2D eigenvalue weighted by Gasteiger charge is -2.43. The third kappa shape index (κ3) is 5.35. The molecule has 4 aromatic rings. The smallest absolute Gasteiger partial charge is 0.336 e. The minimum absolute atomic E-state index is 0.0203. The fraction of sp³-hybridized carbons (Fsp3) is 0.250.